The monoisotopic (exact) mass is 405 g/mol. The van der Waals surface area contributed by atoms with Gasteiger partial charge >= 0.3 is 6.09 Å². The number of carbonyl (C=O) groups is 1. The van der Waals surface area contributed by atoms with Crippen molar-refractivity contribution in [2.45, 2.75) is 56.3 Å². The van der Waals surface area contributed by atoms with E-state index in [4.69, 9.17) is 4.74 Å². The number of H-pyrrole nitrogens is 1. The minimum absolute atomic E-state index is 0.0164. The number of amides is 1. The molecule has 3 N–H and O–H groups in total. The van der Waals surface area contributed by atoms with Gasteiger partial charge in [-0.05, 0) is 38.3 Å². The Kier molecular flexibility index (Phi) is 4.74. The fourth-order valence-corrected chi connectivity index (χ4v) is 4.94. The second-order valence-corrected chi connectivity index (χ2v) is 9.73. The molecule has 0 unspecified atom stereocenters. The minimum Gasteiger partial charge on any atom is -0.446 e. The maximum atomic E-state index is 11.7. The number of fused-ring (bicyclic) bond motifs is 1. The SMILES string of the molecule is CC(C)NC(=O)OC1CC(c2cc(Nc3ccc4c(n3)CS(=O)(=O)C4)n[nH]2)C1. The number of rotatable bonds is 5. The summed E-state index contributed by atoms with van der Waals surface area (Å²) in [6.07, 6.45) is 1.04. The highest BCUT2D eigenvalue weighted by molar-refractivity contribution is 7.90. The van der Waals surface area contributed by atoms with Crippen molar-refractivity contribution < 1.29 is 17.9 Å². The number of pyridine rings is 1. The lowest BCUT2D eigenvalue weighted by atomic mass is 9.80. The van der Waals surface area contributed by atoms with Crippen LogP contribution in [0.25, 0.3) is 0 Å². The molecule has 1 fully saturated rings. The molecule has 1 aliphatic carbocycles. The number of aromatic nitrogens is 3. The number of alkyl carbamates (subject to hydrolysis) is 1. The van der Waals surface area contributed by atoms with E-state index in [1.807, 2.05) is 19.9 Å². The van der Waals surface area contributed by atoms with Gasteiger partial charge in [-0.1, -0.05) is 6.07 Å². The third kappa shape index (κ3) is 4.11. The van der Waals surface area contributed by atoms with Gasteiger partial charge in [0, 0.05) is 23.7 Å². The number of hydrogen-bond acceptors (Lipinski definition) is 7. The Bertz CT molecular complexity index is 995. The Balaban J connectivity index is 1.32. The summed E-state index contributed by atoms with van der Waals surface area (Å²) in [7, 11) is -3.07. The van der Waals surface area contributed by atoms with Gasteiger partial charge in [0.2, 0.25) is 0 Å². The molecule has 1 saturated carbocycles. The first kappa shape index (κ1) is 18.7. The van der Waals surface area contributed by atoms with E-state index in [2.05, 4.69) is 25.8 Å². The van der Waals surface area contributed by atoms with Gasteiger partial charge < -0.3 is 15.4 Å². The molecular formula is C18H23N5O4S. The van der Waals surface area contributed by atoms with Crippen molar-refractivity contribution in [2.24, 2.45) is 0 Å². The van der Waals surface area contributed by atoms with Crippen LogP contribution < -0.4 is 10.6 Å². The topological polar surface area (TPSA) is 126 Å². The summed E-state index contributed by atoms with van der Waals surface area (Å²) in [5.74, 6) is 1.48. The molecule has 0 saturated heterocycles. The zero-order valence-electron chi connectivity index (χ0n) is 15.7. The van der Waals surface area contributed by atoms with Crippen LogP contribution in [-0.4, -0.2) is 41.8 Å². The lowest BCUT2D eigenvalue weighted by molar-refractivity contribution is 0.0374. The van der Waals surface area contributed by atoms with E-state index in [0.717, 1.165) is 24.1 Å². The number of ether oxygens (including phenoxy) is 1. The van der Waals surface area contributed by atoms with Gasteiger partial charge in [0.15, 0.2) is 15.7 Å². The lowest BCUT2D eigenvalue weighted by Crippen LogP contribution is -2.38. The Labute approximate surface area is 163 Å². The van der Waals surface area contributed by atoms with Crippen molar-refractivity contribution in [3.8, 4) is 0 Å². The molecule has 3 heterocycles. The van der Waals surface area contributed by atoms with Crippen LogP contribution in [0.4, 0.5) is 16.4 Å². The second-order valence-electron chi connectivity index (χ2n) is 7.66. The molecule has 4 rings (SSSR count). The van der Waals surface area contributed by atoms with Crippen LogP contribution in [-0.2, 0) is 26.1 Å². The molecule has 2 aliphatic rings. The summed E-state index contributed by atoms with van der Waals surface area (Å²) < 4.78 is 28.8. The first-order chi connectivity index (χ1) is 13.3. The molecule has 1 amide bonds. The van der Waals surface area contributed by atoms with Crippen LogP contribution in [0.15, 0.2) is 18.2 Å². The first-order valence-electron chi connectivity index (χ1n) is 9.26. The van der Waals surface area contributed by atoms with Crippen molar-refractivity contribution in [2.75, 3.05) is 5.32 Å². The van der Waals surface area contributed by atoms with Gasteiger partial charge in [-0.3, -0.25) is 5.10 Å². The molecule has 1 aliphatic heterocycles. The largest absolute Gasteiger partial charge is 0.446 e. The van der Waals surface area contributed by atoms with Crippen LogP contribution >= 0.6 is 0 Å². The minimum atomic E-state index is -3.07. The standard InChI is InChI=1S/C18H23N5O4S/c1-10(2)19-18(24)27-13-5-12(6-13)14-7-17(23-22-14)21-16-4-3-11-8-28(25,26)9-15(11)20-16/h3-4,7,10,12-13H,5-6,8-9H2,1-2H3,(H,19,24)(H2,20,21,22,23). The van der Waals surface area contributed by atoms with Crippen LogP contribution in [0.5, 0.6) is 0 Å². The third-order valence-electron chi connectivity index (χ3n) is 4.87. The fraction of sp³-hybridized carbons (Fsp3) is 0.500. The molecule has 28 heavy (non-hydrogen) atoms. The average molecular weight is 405 g/mol. The summed E-state index contributed by atoms with van der Waals surface area (Å²) in [5, 5.41) is 13.1. The Morgan fingerprint density at radius 3 is 2.79 bits per heavy atom. The van der Waals surface area contributed by atoms with Crippen molar-refractivity contribution in [3.05, 3.63) is 35.2 Å². The highest BCUT2D eigenvalue weighted by Gasteiger charge is 2.34. The fourth-order valence-electron chi connectivity index (χ4n) is 3.43. The van der Waals surface area contributed by atoms with Gasteiger partial charge in [-0.25, -0.2) is 18.2 Å². The van der Waals surface area contributed by atoms with Crippen LogP contribution in [0, 0.1) is 0 Å². The summed E-state index contributed by atoms with van der Waals surface area (Å²) in [5.41, 5.74) is 2.32. The van der Waals surface area contributed by atoms with E-state index in [-0.39, 0.29) is 35.7 Å². The molecule has 0 atom stereocenters. The number of sulfone groups is 1. The summed E-state index contributed by atoms with van der Waals surface area (Å²) in [4.78, 5) is 16.0. The van der Waals surface area contributed by atoms with Gasteiger partial charge in [-0.2, -0.15) is 5.10 Å². The molecule has 2 aromatic heterocycles. The molecule has 2 aromatic rings. The van der Waals surface area contributed by atoms with Crippen LogP contribution in [0.3, 0.4) is 0 Å². The van der Waals surface area contributed by atoms with Crippen LogP contribution in [0.1, 0.15) is 49.6 Å². The molecule has 9 nitrogen and oxygen atoms in total. The van der Waals surface area contributed by atoms with E-state index < -0.39 is 9.84 Å². The molecule has 150 valence electrons. The van der Waals surface area contributed by atoms with E-state index in [1.165, 1.54) is 0 Å². The molecule has 0 aromatic carbocycles. The molecule has 0 spiro atoms. The number of hydrogen-bond donors (Lipinski definition) is 3. The molecular weight excluding hydrogens is 382 g/mol. The Hall–Kier alpha value is -2.62. The van der Waals surface area contributed by atoms with Gasteiger partial charge in [0.1, 0.15) is 11.9 Å². The Morgan fingerprint density at radius 2 is 2.04 bits per heavy atom. The van der Waals surface area contributed by atoms with E-state index in [1.54, 1.807) is 12.1 Å². The zero-order chi connectivity index (χ0) is 19.9. The summed E-state index contributed by atoms with van der Waals surface area (Å²) in [6, 6.07) is 5.51. The third-order valence-corrected chi connectivity index (χ3v) is 6.33. The van der Waals surface area contributed by atoms with E-state index in [9.17, 15) is 13.2 Å². The average Bonchev–Trinajstić information content (AvgIpc) is 3.11. The second kappa shape index (κ2) is 7.08. The maximum Gasteiger partial charge on any atom is 0.407 e. The van der Waals surface area contributed by atoms with E-state index >= 15 is 0 Å². The molecule has 10 heteroatoms. The molecule has 0 radical (unpaired) electrons. The maximum absolute atomic E-state index is 11.7. The number of carbonyl (C=O) groups excluding carboxylic acids is 1. The lowest BCUT2D eigenvalue weighted by Gasteiger charge is -2.33. The van der Waals surface area contributed by atoms with Crippen LogP contribution in [0.2, 0.25) is 0 Å². The molecule has 0 bridgehead atoms. The van der Waals surface area contributed by atoms with Gasteiger partial charge in [0.05, 0.1) is 17.2 Å². The van der Waals surface area contributed by atoms with Gasteiger partial charge in [-0.15, -0.1) is 0 Å². The summed E-state index contributed by atoms with van der Waals surface area (Å²) in [6.45, 7) is 3.78. The van der Waals surface area contributed by atoms with Crippen molar-refractivity contribution >= 4 is 27.6 Å². The van der Waals surface area contributed by atoms with Crippen molar-refractivity contribution in [1.82, 2.24) is 20.5 Å². The predicted octanol–water partition coefficient (Wildman–Crippen LogP) is 2.36. The first-order valence-corrected chi connectivity index (χ1v) is 11.1. The number of aromatic amines is 1. The number of nitrogens with one attached hydrogen (secondary N) is 3. The normalized spacial score (nSPS) is 22.4. The van der Waals surface area contributed by atoms with Crippen molar-refractivity contribution in [3.63, 3.8) is 0 Å². The predicted molar refractivity (Wildman–Crippen MR) is 103 cm³/mol. The Morgan fingerprint density at radius 1 is 1.25 bits per heavy atom. The number of nitrogens with zero attached hydrogens (tertiary/aromatic N) is 2. The van der Waals surface area contributed by atoms with E-state index in [0.29, 0.717) is 17.3 Å². The summed E-state index contributed by atoms with van der Waals surface area (Å²) >= 11 is 0. The zero-order valence-corrected chi connectivity index (χ0v) is 16.5. The smallest absolute Gasteiger partial charge is 0.407 e. The highest BCUT2D eigenvalue weighted by atomic mass is 32.2. The number of anilines is 2. The quantitative estimate of drug-likeness (QED) is 0.697. The highest BCUT2D eigenvalue weighted by Crippen LogP contribution is 2.38. The van der Waals surface area contributed by atoms with Gasteiger partial charge in [0.25, 0.3) is 0 Å². The van der Waals surface area contributed by atoms with Crippen molar-refractivity contribution in [1.29, 1.82) is 0 Å².